The van der Waals surface area contributed by atoms with Crippen LogP contribution in [0.15, 0.2) is 47.4 Å². The maximum atomic E-state index is 12.6. The Morgan fingerprint density at radius 3 is 2.40 bits per heavy atom. The predicted octanol–water partition coefficient (Wildman–Crippen LogP) is 2.54. The van der Waals surface area contributed by atoms with E-state index in [1.54, 1.807) is 0 Å². The predicted molar refractivity (Wildman–Crippen MR) is 93.7 cm³/mol. The second-order valence-electron chi connectivity index (χ2n) is 5.33. The van der Waals surface area contributed by atoms with Crippen molar-refractivity contribution in [3.05, 3.63) is 58.6 Å². The quantitative estimate of drug-likeness (QED) is 0.826. The second kappa shape index (κ2) is 7.12. The first-order valence-electron chi connectivity index (χ1n) is 6.99. The zero-order valence-electron chi connectivity index (χ0n) is 13.4. The van der Waals surface area contributed by atoms with Gasteiger partial charge in [-0.1, -0.05) is 17.7 Å². The molecule has 0 fully saturated rings. The number of hydrogen-bond donors (Lipinski definition) is 2. The van der Waals surface area contributed by atoms with Crippen molar-refractivity contribution in [1.29, 1.82) is 0 Å². The summed E-state index contributed by atoms with van der Waals surface area (Å²) >= 11 is 5.91. The molecule has 0 saturated carbocycles. The highest BCUT2D eigenvalue weighted by molar-refractivity contribution is 7.92. The van der Waals surface area contributed by atoms with Gasteiger partial charge in [-0.15, -0.1) is 0 Å². The van der Waals surface area contributed by atoms with Crippen molar-refractivity contribution in [2.45, 2.75) is 4.90 Å². The van der Waals surface area contributed by atoms with Crippen LogP contribution in [0.2, 0.25) is 5.02 Å². The summed E-state index contributed by atoms with van der Waals surface area (Å²) in [7, 11) is -1.04. The molecule has 0 bridgehead atoms. The van der Waals surface area contributed by atoms with Crippen molar-refractivity contribution in [3.63, 3.8) is 0 Å². The number of carbonyl (C=O) groups excluding carboxylic acids is 1. The van der Waals surface area contributed by atoms with E-state index in [1.807, 2.05) is 0 Å². The van der Waals surface area contributed by atoms with Crippen LogP contribution < -0.4 is 4.72 Å². The molecule has 0 atom stereocenters. The lowest BCUT2D eigenvalue weighted by Crippen LogP contribution is -2.24. The first-order valence-corrected chi connectivity index (χ1v) is 8.85. The minimum atomic E-state index is -4.11. The Balaban J connectivity index is 2.48. The van der Waals surface area contributed by atoms with Crippen LogP contribution in [0.1, 0.15) is 20.7 Å². The molecule has 2 N–H and O–H groups in total. The molecule has 25 heavy (non-hydrogen) atoms. The van der Waals surface area contributed by atoms with Crippen LogP contribution in [-0.4, -0.2) is 44.4 Å². The lowest BCUT2D eigenvalue weighted by molar-refractivity contribution is 0.0696. The minimum absolute atomic E-state index is 0.00641. The third-order valence-corrected chi connectivity index (χ3v) is 4.85. The van der Waals surface area contributed by atoms with Crippen molar-refractivity contribution in [1.82, 2.24) is 4.90 Å². The summed E-state index contributed by atoms with van der Waals surface area (Å²) in [5.74, 6) is -1.66. The molecule has 0 spiro atoms. The second-order valence-corrected chi connectivity index (χ2v) is 7.45. The third kappa shape index (κ3) is 4.28. The van der Waals surface area contributed by atoms with E-state index in [4.69, 9.17) is 16.7 Å². The smallest absolute Gasteiger partial charge is 0.335 e. The van der Waals surface area contributed by atoms with Gasteiger partial charge in [-0.25, -0.2) is 13.2 Å². The summed E-state index contributed by atoms with van der Waals surface area (Å²) in [4.78, 5) is 24.3. The van der Waals surface area contributed by atoms with Gasteiger partial charge in [0.05, 0.1) is 21.7 Å². The largest absolute Gasteiger partial charge is 0.478 e. The number of benzene rings is 2. The number of carbonyl (C=O) groups is 2. The standard InChI is InChI=1S/C16H15ClN2O5S/c1-19(2)15(20)13-7-6-11(17)9-14(13)18-25(23,24)12-5-3-4-10(8-12)16(21)22/h3-9,18H,1-2H3,(H,21,22). The number of nitrogens with one attached hydrogen (secondary N) is 1. The summed E-state index contributed by atoms with van der Waals surface area (Å²) in [6.45, 7) is 0. The molecule has 0 unspecified atom stereocenters. The van der Waals surface area contributed by atoms with E-state index in [9.17, 15) is 18.0 Å². The number of anilines is 1. The highest BCUT2D eigenvalue weighted by Gasteiger charge is 2.21. The van der Waals surface area contributed by atoms with Crippen LogP contribution in [0.4, 0.5) is 5.69 Å². The number of amides is 1. The Morgan fingerprint density at radius 1 is 1.12 bits per heavy atom. The van der Waals surface area contributed by atoms with Gasteiger partial charge in [0, 0.05) is 19.1 Å². The minimum Gasteiger partial charge on any atom is -0.478 e. The Kier molecular flexibility index (Phi) is 5.34. The molecule has 0 aliphatic rings. The van der Waals surface area contributed by atoms with Gasteiger partial charge in [-0.05, 0) is 36.4 Å². The fraction of sp³-hybridized carbons (Fsp3) is 0.125. The molecule has 9 heteroatoms. The highest BCUT2D eigenvalue weighted by Crippen LogP contribution is 2.25. The zero-order valence-corrected chi connectivity index (χ0v) is 14.9. The fourth-order valence-electron chi connectivity index (χ4n) is 2.03. The maximum Gasteiger partial charge on any atom is 0.335 e. The Morgan fingerprint density at radius 2 is 1.80 bits per heavy atom. The number of carboxylic acid groups (broad SMARTS) is 1. The molecule has 2 aromatic carbocycles. The fourth-order valence-corrected chi connectivity index (χ4v) is 3.32. The van der Waals surface area contributed by atoms with E-state index < -0.39 is 21.9 Å². The van der Waals surface area contributed by atoms with Gasteiger partial charge in [0.25, 0.3) is 15.9 Å². The molecule has 132 valence electrons. The van der Waals surface area contributed by atoms with E-state index in [-0.39, 0.29) is 26.7 Å². The van der Waals surface area contributed by atoms with Gasteiger partial charge in [0.15, 0.2) is 0 Å². The molecule has 7 nitrogen and oxygen atoms in total. The molecule has 0 aromatic heterocycles. The highest BCUT2D eigenvalue weighted by atomic mass is 35.5. The summed E-state index contributed by atoms with van der Waals surface area (Å²) in [6, 6.07) is 9.09. The number of carboxylic acids is 1. The van der Waals surface area contributed by atoms with E-state index >= 15 is 0 Å². The summed E-state index contributed by atoms with van der Waals surface area (Å²) in [6.07, 6.45) is 0. The number of aromatic carboxylic acids is 1. The molecule has 0 radical (unpaired) electrons. The van der Waals surface area contributed by atoms with Crippen LogP contribution in [0.25, 0.3) is 0 Å². The van der Waals surface area contributed by atoms with Crippen LogP contribution in [0.3, 0.4) is 0 Å². The summed E-state index contributed by atoms with van der Waals surface area (Å²) in [5.41, 5.74) is -0.0437. The average Bonchev–Trinajstić information content (AvgIpc) is 2.54. The Hall–Kier alpha value is -2.58. The first kappa shape index (κ1) is 18.8. The number of halogens is 1. The van der Waals surface area contributed by atoms with Gasteiger partial charge >= 0.3 is 5.97 Å². The van der Waals surface area contributed by atoms with Gasteiger partial charge in [-0.3, -0.25) is 9.52 Å². The molecule has 2 aromatic rings. The van der Waals surface area contributed by atoms with Crippen molar-refractivity contribution in [2.24, 2.45) is 0 Å². The van der Waals surface area contributed by atoms with E-state index in [0.29, 0.717) is 0 Å². The van der Waals surface area contributed by atoms with Crippen molar-refractivity contribution in [3.8, 4) is 0 Å². The summed E-state index contributed by atoms with van der Waals surface area (Å²) < 4.78 is 27.4. The summed E-state index contributed by atoms with van der Waals surface area (Å²) in [5, 5.41) is 9.24. The SMILES string of the molecule is CN(C)C(=O)c1ccc(Cl)cc1NS(=O)(=O)c1cccc(C(=O)O)c1. The third-order valence-electron chi connectivity index (χ3n) is 3.25. The number of hydrogen-bond acceptors (Lipinski definition) is 4. The normalized spacial score (nSPS) is 11.0. The molecular weight excluding hydrogens is 368 g/mol. The first-order chi connectivity index (χ1) is 11.6. The van der Waals surface area contributed by atoms with Crippen LogP contribution in [-0.2, 0) is 10.0 Å². The van der Waals surface area contributed by atoms with Gasteiger partial charge in [0.1, 0.15) is 0 Å². The van der Waals surface area contributed by atoms with Crippen LogP contribution in [0.5, 0.6) is 0 Å². The molecule has 0 heterocycles. The molecule has 0 aliphatic heterocycles. The number of nitrogens with zero attached hydrogens (tertiary/aromatic N) is 1. The molecule has 2 rings (SSSR count). The van der Waals surface area contributed by atoms with Crippen LogP contribution in [0, 0.1) is 0 Å². The van der Waals surface area contributed by atoms with Crippen LogP contribution >= 0.6 is 11.6 Å². The van der Waals surface area contributed by atoms with Crippen molar-refractivity contribution >= 4 is 39.2 Å². The van der Waals surface area contributed by atoms with Gasteiger partial charge in [0.2, 0.25) is 0 Å². The van der Waals surface area contributed by atoms with Gasteiger partial charge < -0.3 is 10.0 Å². The lowest BCUT2D eigenvalue weighted by Gasteiger charge is -2.16. The zero-order chi connectivity index (χ0) is 18.8. The van der Waals surface area contributed by atoms with E-state index in [2.05, 4.69) is 4.72 Å². The Bertz CT molecular complexity index is 941. The maximum absolute atomic E-state index is 12.6. The van der Waals surface area contributed by atoms with Crippen molar-refractivity contribution in [2.75, 3.05) is 18.8 Å². The van der Waals surface area contributed by atoms with E-state index in [0.717, 1.165) is 6.07 Å². The number of rotatable bonds is 5. The van der Waals surface area contributed by atoms with Gasteiger partial charge in [-0.2, -0.15) is 0 Å². The molecule has 1 amide bonds. The average molecular weight is 383 g/mol. The lowest BCUT2D eigenvalue weighted by atomic mass is 10.1. The molecule has 0 saturated heterocycles. The monoisotopic (exact) mass is 382 g/mol. The topological polar surface area (TPSA) is 104 Å². The Labute approximate surface area is 149 Å². The number of sulfonamides is 1. The van der Waals surface area contributed by atoms with Crippen molar-refractivity contribution < 1.29 is 23.1 Å². The van der Waals surface area contributed by atoms with E-state index in [1.165, 1.54) is 55.4 Å². The molecular formula is C16H15ClN2O5S. The molecule has 0 aliphatic carbocycles.